The van der Waals surface area contributed by atoms with E-state index in [1.165, 1.54) is 0 Å². The van der Waals surface area contributed by atoms with E-state index in [1.54, 1.807) is 56.6 Å². The highest BCUT2D eigenvalue weighted by Gasteiger charge is 2.55. The van der Waals surface area contributed by atoms with Crippen LogP contribution in [0.15, 0.2) is 48.8 Å². The highest BCUT2D eigenvalue weighted by Crippen LogP contribution is 2.50. The van der Waals surface area contributed by atoms with Crippen molar-refractivity contribution in [3.8, 4) is 17.0 Å². The Bertz CT molecular complexity index is 1050. The second-order valence-corrected chi connectivity index (χ2v) is 9.18. The minimum Gasteiger partial charge on any atom is -0.508 e. The zero-order chi connectivity index (χ0) is 21.7. The lowest BCUT2D eigenvalue weighted by Gasteiger charge is -2.55. The standard InChI is InChI=1S/C23H28N4O3/c1-21(2,29)20-10-19(25-26-20)15-9-17(12-24-11-15)23(30,22(3)13-27(4)14-22)16-5-7-18(28)8-6-16/h5-12,28-30H,13-14H2,1-4H3,(H,25,26)/t23-/m0/s1. The average Bonchev–Trinajstić information content (AvgIpc) is 3.18. The van der Waals surface area contributed by atoms with E-state index in [-0.39, 0.29) is 5.75 Å². The summed E-state index contributed by atoms with van der Waals surface area (Å²) in [6.07, 6.45) is 3.38. The molecular formula is C23H28N4O3. The summed E-state index contributed by atoms with van der Waals surface area (Å²) in [5.41, 5.74) is 0.590. The molecule has 0 aliphatic carbocycles. The van der Waals surface area contributed by atoms with Crippen molar-refractivity contribution in [3.63, 3.8) is 0 Å². The van der Waals surface area contributed by atoms with Gasteiger partial charge < -0.3 is 20.2 Å². The topological polar surface area (TPSA) is 106 Å². The third kappa shape index (κ3) is 3.29. The van der Waals surface area contributed by atoms with Crippen LogP contribution in [0.2, 0.25) is 0 Å². The summed E-state index contributed by atoms with van der Waals surface area (Å²) < 4.78 is 0. The molecule has 1 saturated heterocycles. The van der Waals surface area contributed by atoms with E-state index >= 15 is 0 Å². The maximum Gasteiger partial charge on any atom is 0.124 e. The van der Waals surface area contributed by atoms with Crippen molar-refractivity contribution in [2.75, 3.05) is 20.1 Å². The summed E-state index contributed by atoms with van der Waals surface area (Å²) in [5.74, 6) is 0.152. The minimum atomic E-state index is -1.30. The Morgan fingerprint density at radius 1 is 1.03 bits per heavy atom. The minimum absolute atomic E-state index is 0.152. The number of nitrogens with one attached hydrogen (secondary N) is 1. The molecular weight excluding hydrogens is 380 g/mol. The van der Waals surface area contributed by atoms with Crippen LogP contribution in [0.4, 0.5) is 0 Å². The summed E-state index contributed by atoms with van der Waals surface area (Å²) in [6.45, 7) is 6.89. The van der Waals surface area contributed by atoms with Gasteiger partial charge in [0.05, 0.1) is 11.4 Å². The third-order valence-electron chi connectivity index (χ3n) is 6.09. The molecule has 0 saturated carbocycles. The Balaban J connectivity index is 1.82. The van der Waals surface area contributed by atoms with E-state index in [9.17, 15) is 15.3 Å². The fourth-order valence-corrected chi connectivity index (χ4v) is 4.50. The Hall–Kier alpha value is -2.74. The molecule has 7 heteroatoms. The number of aromatic hydroxyl groups is 1. The molecule has 158 valence electrons. The number of nitrogens with zero attached hydrogens (tertiary/aromatic N) is 3. The van der Waals surface area contributed by atoms with Gasteiger partial charge in [0.15, 0.2) is 0 Å². The lowest BCUT2D eigenvalue weighted by molar-refractivity contribution is -0.127. The number of aliphatic hydroxyl groups is 2. The van der Waals surface area contributed by atoms with Crippen molar-refractivity contribution in [2.24, 2.45) is 5.41 Å². The summed E-state index contributed by atoms with van der Waals surface area (Å²) >= 11 is 0. The van der Waals surface area contributed by atoms with E-state index in [4.69, 9.17) is 0 Å². The van der Waals surface area contributed by atoms with E-state index in [0.29, 0.717) is 22.5 Å². The number of hydrogen-bond donors (Lipinski definition) is 4. The Morgan fingerprint density at radius 3 is 2.27 bits per heavy atom. The molecule has 1 atom stereocenters. The molecule has 30 heavy (non-hydrogen) atoms. The van der Waals surface area contributed by atoms with Crippen LogP contribution >= 0.6 is 0 Å². The number of benzene rings is 1. The summed E-state index contributed by atoms with van der Waals surface area (Å²) in [7, 11) is 2.02. The molecule has 7 nitrogen and oxygen atoms in total. The van der Waals surface area contributed by atoms with Gasteiger partial charge in [-0.25, -0.2) is 0 Å². The van der Waals surface area contributed by atoms with Crippen LogP contribution in [0.1, 0.15) is 37.6 Å². The monoisotopic (exact) mass is 408 g/mol. The molecule has 1 fully saturated rings. The van der Waals surface area contributed by atoms with Crippen molar-refractivity contribution >= 4 is 0 Å². The first-order valence-corrected chi connectivity index (χ1v) is 9.97. The number of hydrogen-bond acceptors (Lipinski definition) is 6. The normalized spacial score (nSPS) is 18.6. The Morgan fingerprint density at radius 2 is 1.70 bits per heavy atom. The molecule has 3 aromatic rings. The van der Waals surface area contributed by atoms with Crippen molar-refractivity contribution < 1.29 is 15.3 Å². The van der Waals surface area contributed by atoms with Gasteiger partial charge in [0, 0.05) is 42.0 Å². The van der Waals surface area contributed by atoms with Gasteiger partial charge in [-0.2, -0.15) is 5.10 Å². The van der Waals surface area contributed by atoms with Gasteiger partial charge >= 0.3 is 0 Å². The number of aromatic amines is 1. The number of rotatable bonds is 5. The van der Waals surface area contributed by atoms with Crippen LogP contribution in [0, 0.1) is 5.41 Å². The fourth-order valence-electron chi connectivity index (χ4n) is 4.50. The van der Waals surface area contributed by atoms with Crippen LogP contribution < -0.4 is 0 Å². The van der Waals surface area contributed by atoms with Gasteiger partial charge in [0.2, 0.25) is 0 Å². The largest absolute Gasteiger partial charge is 0.508 e. The predicted octanol–water partition coefficient (Wildman–Crippen LogP) is 2.59. The predicted molar refractivity (Wildman–Crippen MR) is 114 cm³/mol. The molecule has 0 bridgehead atoms. The second-order valence-electron chi connectivity index (χ2n) is 9.18. The number of likely N-dealkylation sites (tertiary alicyclic amines) is 1. The smallest absolute Gasteiger partial charge is 0.124 e. The molecule has 0 spiro atoms. The SMILES string of the molecule is CN1CC(C)([C@](O)(c2ccc(O)cc2)c2cncc(-c3cc(C(C)(C)O)[nH]n3)c2)C1. The first-order valence-electron chi connectivity index (χ1n) is 9.97. The zero-order valence-corrected chi connectivity index (χ0v) is 17.7. The Labute approximate surface area is 176 Å². The van der Waals surface area contributed by atoms with Gasteiger partial charge in [-0.05, 0) is 50.7 Å². The van der Waals surface area contributed by atoms with E-state index < -0.39 is 16.6 Å². The van der Waals surface area contributed by atoms with Crippen LogP contribution in [-0.2, 0) is 11.2 Å². The molecule has 1 aromatic carbocycles. The first-order chi connectivity index (χ1) is 14.0. The lowest BCUT2D eigenvalue weighted by atomic mass is 9.62. The summed E-state index contributed by atoms with van der Waals surface area (Å²) in [4.78, 5) is 6.55. The molecule has 3 heterocycles. The number of aromatic nitrogens is 3. The lowest BCUT2D eigenvalue weighted by Crippen LogP contribution is -2.63. The maximum absolute atomic E-state index is 12.1. The van der Waals surface area contributed by atoms with Crippen molar-refractivity contribution in [1.29, 1.82) is 0 Å². The zero-order valence-electron chi connectivity index (χ0n) is 17.7. The molecule has 4 N–H and O–H groups in total. The van der Waals surface area contributed by atoms with Crippen molar-refractivity contribution in [3.05, 3.63) is 65.6 Å². The van der Waals surface area contributed by atoms with E-state index in [1.807, 2.05) is 13.1 Å². The second kappa shape index (κ2) is 6.91. The Kier molecular flexibility index (Phi) is 4.73. The third-order valence-corrected chi connectivity index (χ3v) is 6.09. The highest BCUT2D eigenvalue weighted by molar-refractivity contribution is 5.60. The molecule has 0 unspecified atom stereocenters. The van der Waals surface area contributed by atoms with E-state index in [0.717, 1.165) is 18.7 Å². The van der Waals surface area contributed by atoms with E-state index in [2.05, 4.69) is 27.0 Å². The number of H-pyrrole nitrogens is 1. The van der Waals surface area contributed by atoms with Crippen molar-refractivity contribution in [1.82, 2.24) is 20.1 Å². The molecule has 1 aliphatic rings. The number of phenols is 1. The molecule has 2 aromatic heterocycles. The molecule has 1 aliphatic heterocycles. The van der Waals surface area contributed by atoms with Crippen LogP contribution in [0.25, 0.3) is 11.3 Å². The summed E-state index contributed by atoms with van der Waals surface area (Å²) in [6, 6.07) is 10.4. The van der Waals surface area contributed by atoms with Crippen LogP contribution in [0.3, 0.4) is 0 Å². The molecule has 0 radical (unpaired) electrons. The van der Waals surface area contributed by atoms with Crippen molar-refractivity contribution in [2.45, 2.75) is 32.0 Å². The number of pyridine rings is 1. The quantitative estimate of drug-likeness (QED) is 0.517. The molecule has 0 amide bonds. The first kappa shape index (κ1) is 20.5. The summed E-state index contributed by atoms with van der Waals surface area (Å²) in [5, 5.41) is 39.3. The van der Waals surface area contributed by atoms with Gasteiger partial charge in [-0.1, -0.05) is 19.1 Å². The van der Waals surface area contributed by atoms with Gasteiger partial charge in [0.1, 0.15) is 17.0 Å². The van der Waals surface area contributed by atoms with Gasteiger partial charge in [-0.15, -0.1) is 0 Å². The molecule has 4 rings (SSSR count). The highest BCUT2D eigenvalue weighted by atomic mass is 16.3. The van der Waals surface area contributed by atoms with Gasteiger partial charge in [-0.3, -0.25) is 10.1 Å². The maximum atomic E-state index is 12.1. The van der Waals surface area contributed by atoms with Crippen LogP contribution in [-0.4, -0.2) is 55.5 Å². The van der Waals surface area contributed by atoms with Gasteiger partial charge in [0.25, 0.3) is 0 Å². The average molecular weight is 409 g/mol. The fraction of sp³-hybridized carbons (Fsp3) is 0.391. The number of phenolic OH excluding ortho intramolecular Hbond substituents is 1. The van der Waals surface area contributed by atoms with Crippen LogP contribution in [0.5, 0.6) is 5.75 Å².